The summed E-state index contributed by atoms with van der Waals surface area (Å²) in [4.78, 5) is 28.4. The van der Waals surface area contributed by atoms with Crippen LogP contribution in [0.2, 0.25) is 0 Å². The van der Waals surface area contributed by atoms with E-state index in [1.165, 1.54) is 4.90 Å². The molecule has 2 amide bonds. The summed E-state index contributed by atoms with van der Waals surface area (Å²) in [6.07, 6.45) is 0. The molecule has 0 unspecified atom stereocenters. The second-order valence-electron chi connectivity index (χ2n) is 8.14. The van der Waals surface area contributed by atoms with Crippen LogP contribution in [0, 0.1) is 27.7 Å². The molecular formula is C27H26N2O3. The average molecular weight is 427 g/mol. The van der Waals surface area contributed by atoms with Crippen molar-refractivity contribution in [3.63, 3.8) is 0 Å². The predicted molar refractivity (Wildman–Crippen MR) is 128 cm³/mol. The normalized spacial score (nSPS) is 13.7. The van der Waals surface area contributed by atoms with Crippen molar-refractivity contribution in [2.45, 2.75) is 27.7 Å². The molecule has 1 aliphatic heterocycles. The fourth-order valence-electron chi connectivity index (χ4n) is 3.91. The zero-order chi connectivity index (χ0) is 23.0. The summed E-state index contributed by atoms with van der Waals surface area (Å²) in [5.74, 6) is -0.0366. The van der Waals surface area contributed by atoms with Gasteiger partial charge in [0.2, 0.25) is 0 Å². The van der Waals surface area contributed by atoms with E-state index in [1.807, 2.05) is 64.1 Å². The Morgan fingerprint density at radius 3 is 2.09 bits per heavy atom. The van der Waals surface area contributed by atoms with Gasteiger partial charge in [-0.05, 0) is 80.3 Å². The number of carbonyl (C=O) groups is 2. The SMILES string of the molecule is COc1ccc(C2=C(Nc3ccc(C)c(C)c3)C(=O)N(c3ccc(C)cc3C)C2=O)cc1. The number of amides is 2. The molecule has 162 valence electrons. The Kier molecular flexibility index (Phi) is 5.57. The molecule has 0 spiro atoms. The molecule has 3 aromatic carbocycles. The Morgan fingerprint density at radius 1 is 0.750 bits per heavy atom. The number of hydrogen-bond acceptors (Lipinski definition) is 4. The van der Waals surface area contributed by atoms with Gasteiger partial charge in [0.1, 0.15) is 11.4 Å². The maximum atomic E-state index is 13.6. The van der Waals surface area contributed by atoms with E-state index in [4.69, 9.17) is 4.74 Å². The minimum atomic E-state index is -0.369. The first-order valence-electron chi connectivity index (χ1n) is 10.5. The van der Waals surface area contributed by atoms with Crippen LogP contribution in [0.5, 0.6) is 5.75 Å². The van der Waals surface area contributed by atoms with Crippen LogP contribution in [0.3, 0.4) is 0 Å². The minimum Gasteiger partial charge on any atom is -0.497 e. The number of nitrogens with zero attached hydrogens (tertiary/aromatic N) is 1. The third-order valence-corrected chi connectivity index (χ3v) is 5.83. The van der Waals surface area contributed by atoms with Gasteiger partial charge < -0.3 is 10.1 Å². The fourth-order valence-corrected chi connectivity index (χ4v) is 3.91. The standard InChI is InChI=1S/C27H26N2O3/c1-16-6-13-23(19(4)14-16)29-26(30)24(20-8-11-22(32-5)12-9-20)25(27(29)31)28-21-10-7-17(2)18(3)15-21/h6-15,28H,1-5H3. The summed E-state index contributed by atoms with van der Waals surface area (Å²) >= 11 is 0. The lowest BCUT2D eigenvalue weighted by Gasteiger charge is -2.18. The van der Waals surface area contributed by atoms with Gasteiger partial charge in [0, 0.05) is 5.69 Å². The van der Waals surface area contributed by atoms with Gasteiger partial charge in [-0.3, -0.25) is 9.59 Å². The molecule has 0 saturated heterocycles. The number of ether oxygens (including phenoxy) is 1. The third-order valence-electron chi connectivity index (χ3n) is 5.83. The molecule has 5 nitrogen and oxygen atoms in total. The molecule has 1 heterocycles. The van der Waals surface area contributed by atoms with E-state index in [0.29, 0.717) is 22.6 Å². The van der Waals surface area contributed by atoms with Crippen LogP contribution in [0.1, 0.15) is 27.8 Å². The van der Waals surface area contributed by atoms with Gasteiger partial charge in [0.05, 0.1) is 18.4 Å². The van der Waals surface area contributed by atoms with Crippen LogP contribution in [-0.4, -0.2) is 18.9 Å². The fraction of sp³-hybridized carbons (Fsp3) is 0.185. The average Bonchev–Trinajstić information content (AvgIpc) is 3.00. The van der Waals surface area contributed by atoms with Crippen LogP contribution >= 0.6 is 0 Å². The van der Waals surface area contributed by atoms with Gasteiger partial charge in [-0.1, -0.05) is 35.9 Å². The summed E-state index contributed by atoms with van der Waals surface area (Å²) in [6, 6.07) is 18.8. The first-order chi connectivity index (χ1) is 15.3. The number of hydrogen-bond donors (Lipinski definition) is 1. The zero-order valence-corrected chi connectivity index (χ0v) is 18.9. The first kappa shape index (κ1) is 21.4. The molecule has 1 N–H and O–H groups in total. The lowest BCUT2D eigenvalue weighted by Crippen LogP contribution is -2.33. The number of methoxy groups -OCH3 is 1. The Morgan fingerprint density at radius 2 is 1.47 bits per heavy atom. The van der Waals surface area contributed by atoms with E-state index in [1.54, 1.807) is 31.4 Å². The maximum absolute atomic E-state index is 13.6. The number of anilines is 2. The highest BCUT2D eigenvalue weighted by Gasteiger charge is 2.40. The molecule has 32 heavy (non-hydrogen) atoms. The molecule has 5 heteroatoms. The van der Waals surface area contributed by atoms with Crippen molar-refractivity contribution in [2.75, 3.05) is 17.3 Å². The van der Waals surface area contributed by atoms with Gasteiger partial charge in [0.15, 0.2) is 0 Å². The third kappa shape index (κ3) is 3.78. The Labute approximate surface area is 188 Å². The topological polar surface area (TPSA) is 58.6 Å². The molecule has 3 aromatic rings. The zero-order valence-electron chi connectivity index (χ0n) is 18.9. The molecule has 0 atom stereocenters. The Bertz CT molecular complexity index is 1260. The van der Waals surface area contributed by atoms with Crippen LogP contribution < -0.4 is 15.0 Å². The summed E-state index contributed by atoms with van der Waals surface area (Å²) < 4.78 is 5.25. The molecule has 0 bridgehead atoms. The van der Waals surface area contributed by atoms with Crippen molar-refractivity contribution in [1.82, 2.24) is 0 Å². The summed E-state index contributed by atoms with van der Waals surface area (Å²) in [5.41, 5.74) is 6.82. The number of benzene rings is 3. The highest BCUT2D eigenvalue weighted by Crippen LogP contribution is 2.36. The molecule has 0 saturated carbocycles. The van der Waals surface area contributed by atoms with Crippen molar-refractivity contribution in [3.05, 3.63) is 94.2 Å². The van der Waals surface area contributed by atoms with Crippen LogP contribution in [0.15, 0.2) is 66.4 Å². The summed E-state index contributed by atoms with van der Waals surface area (Å²) in [5, 5.41) is 3.23. The van der Waals surface area contributed by atoms with Gasteiger partial charge in [-0.25, -0.2) is 4.90 Å². The number of rotatable bonds is 5. The molecule has 0 fully saturated rings. The number of imide groups is 1. The smallest absolute Gasteiger partial charge is 0.282 e. The largest absolute Gasteiger partial charge is 0.497 e. The van der Waals surface area contributed by atoms with Crippen molar-refractivity contribution < 1.29 is 14.3 Å². The molecule has 0 radical (unpaired) electrons. The number of carbonyl (C=O) groups excluding carboxylic acids is 2. The Balaban J connectivity index is 1.83. The lowest BCUT2D eigenvalue weighted by molar-refractivity contribution is -0.120. The molecule has 4 rings (SSSR count). The van der Waals surface area contributed by atoms with Gasteiger partial charge in [-0.2, -0.15) is 0 Å². The van der Waals surface area contributed by atoms with Crippen LogP contribution in [-0.2, 0) is 9.59 Å². The monoisotopic (exact) mass is 426 g/mol. The summed E-state index contributed by atoms with van der Waals surface area (Å²) in [7, 11) is 1.59. The van der Waals surface area contributed by atoms with Crippen molar-refractivity contribution in [3.8, 4) is 5.75 Å². The lowest BCUT2D eigenvalue weighted by atomic mass is 10.0. The van der Waals surface area contributed by atoms with Crippen LogP contribution in [0.4, 0.5) is 11.4 Å². The van der Waals surface area contributed by atoms with Gasteiger partial charge in [-0.15, -0.1) is 0 Å². The van der Waals surface area contributed by atoms with Crippen molar-refractivity contribution in [1.29, 1.82) is 0 Å². The van der Waals surface area contributed by atoms with E-state index in [9.17, 15) is 9.59 Å². The molecule has 1 aliphatic rings. The second kappa shape index (κ2) is 8.35. The highest BCUT2D eigenvalue weighted by molar-refractivity contribution is 6.46. The number of nitrogens with one attached hydrogen (secondary N) is 1. The van der Waals surface area contributed by atoms with Crippen molar-refractivity contribution in [2.24, 2.45) is 0 Å². The van der Waals surface area contributed by atoms with E-state index in [0.717, 1.165) is 27.9 Å². The Hall–Kier alpha value is -3.86. The first-order valence-corrected chi connectivity index (χ1v) is 10.5. The molecule has 0 aromatic heterocycles. The molecular weight excluding hydrogens is 400 g/mol. The quantitative estimate of drug-likeness (QED) is 0.561. The van der Waals surface area contributed by atoms with Crippen molar-refractivity contribution >= 4 is 28.8 Å². The maximum Gasteiger partial charge on any atom is 0.282 e. The van der Waals surface area contributed by atoms with E-state index < -0.39 is 0 Å². The van der Waals surface area contributed by atoms with Gasteiger partial charge >= 0.3 is 0 Å². The second-order valence-corrected chi connectivity index (χ2v) is 8.14. The summed E-state index contributed by atoms with van der Waals surface area (Å²) in [6.45, 7) is 7.94. The van der Waals surface area contributed by atoms with E-state index >= 15 is 0 Å². The molecule has 0 aliphatic carbocycles. The van der Waals surface area contributed by atoms with Gasteiger partial charge in [0.25, 0.3) is 11.8 Å². The van der Waals surface area contributed by atoms with E-state index in [-0.39, 0.29) is 17.5 Å². The minimum absolute atomic E-state index is 0.267. The van der Waals surface area contributed by atoms with E-state index in [2.05, 4.69) is 5.32 Å². The number of aryl methyl sites for hydroxylation is 4. The predicted octanol–water partition coefficient (Wildman–Crippen LogP) is 5.33. The van der Waals surface area contributed by atoms with Crippen LogP contribution in [0.25, 0.3) is 5.57 Å². The highest BCUT2D eigenvalue weighted by atomic mass is 16.5.